The molecule has 0 radical (unpaired) electrons. The van der Waals surface area contributed by atoms with Gasteiger partial charge in [-0.15, -0.1) is 0 Å². The first-order chi connectivity index (χ1) is 10.2. The molecule has 104 valence electrons. The number of para-hydroxylation sites is 1. The van der Waals surface area contributed by atoms with Crippen molar-refractivity contribution < 1.29 is 9.18 Å². The van der Waals surface area contributed by atoms with Crippen molar-refractivity contribution in [2.24, 2.45) is 5.92 Å². The van der Waals surface area contributed by atoms with Gasteiger partial charge < -0.3 is 5.32 Å². The predicted molar refractivity (Wildman–Crippen MR) is 77.0 cm³/mol. The van der Waals surface area contributed by atoms with E-state index in [-0.39, 0.29) is 23.6 Å². The van der Waals surface area contributed by atoms with Crippen LogP contribution in [0.25, 0.3) is 0 Å². The SMILES string of the molecule is N#Cc1ccccc1NC(=O)C1CC1c1cccc(F)c1. The minimum Gasteiger partial charge on any atom is -0.325 e. The molecule has 0 aromatic heterocycles. The monoisotopic (exact) mass is 280 g/mol. The summed E-state index contributed by atoms with van der Waals surface area (Å²) in [7, 11) is 0. The second kappa shape index (κ2) is 5.37. The maximum absolute atomic E-state index is 13.2. The van der Waals surface area contributed by atoms with E-state index in [1.54, 1.807) is 30.3 Å². The Bertz CT molecular complexity index is 736. The molecule has 0 heterocycles. The molecule has 1 saturated carbocycles. The van der Waals surface area contributed by atoms with Crippen LogP contribution >= 0.6 is 0 Å². The van der Waals surface area contributed by atoms with Gasteiger partial charge in [0.05, 0.1) is 11.3 Å². The van der Waals surface area contributed by atoms with E-state index >= 15 is 0 Å². The minimum absolute atomic E-state index is 0.0648. The Morgan fingerprint density at radius 1 is 1.24 bits per heavy atom. The van der Waals surface area contributed by atoms with Crippen LogP contribution in [0.15, 0.2) is 48.5 Å². The van der Waals surface area contributed by atoms with Crippen molar-refractivity contribution in [3.05, 3.63) is 65.5 Å². The number of carbonyl (C=O) groups excluding carboxylic acids is 1. The number of nitriles is 1. The van der Waals surface area contributed by atoms with E-state index in [4.69, 9.17) is 5.26 Å². The lowest BCUT2D eigenvalue weighted by Crippen LogP contribution is -2.15. The van der Waals surface area contributed by atoms with E-state index in [9.17, 15) is 9.18 Å². The van der Waals surface area contributed by atoms with Crippen molar-refractivity contribution in [3.8, 4) is 6.07 Å². The molecular weight excluding hydrogens is 267 g/mol. The highest BCUT2D eigenvalue weighted by molar-refractivity contribution is 5.96. The molecule has 2 atom stereocenters. The fourth-order valence-electron chi connectivity index (χ4n) is 2.51. The highest BCUT2D eigenvalue weighted by atomic mass is 19.1. The molecule has 3 rings (SSSR count). The van der Waals surface area contributed by atoms with Crippen molar-refractivity contribution in [3.63, 3.8) is 0 Å². The lowest BCUT2D eigenvalue weighted by Gasteiger charge is -2.06. The molecular formula is C17H13FN2O. The number of nitrogens with zero attached hydrogens (tertiary/aromatic N) is 1. The van der Waals surface area contributed by atoms with Crippen LogP contribution in [0, 0.1) is 23.1 Å². The van der Waals surface area contributed by atoms with E-state index < -0.39 is 0 Å². The Morgan fingerprint density at radius 3 is 2.81 bits per heavy atom. The highest BCUT2D eigenvalue weighted by Crippen LogP contribution is 2.48. The van der Waals surface area contributed by atoms with E-state index in [1.165, 1.54) is 12.1 Å². The molecule has 0 aliphatic heterocycles. The van der Waals surface area contributed by atoms with Gasteiger partial charge in [0, 0.05) is 5.92 Å². The molecule has 4 heteroatoms. The van der Waals surface area contributed by atoms with Crippen LogP contribution in [0.1, 0.15) is 23.5 Å². The fraction of sp³-hybridized carbons (Fsp3) is 0.176. The molecule has 0 saturated heterocycles. The Balaban J connectivity index is 1.70. The molecule has 1 aliphatic rings. The molecule has 1 aliphatic carbocycles. The molecule has 3 nitrogen and oxygen atoms in total. The van der Waals surface area contributed by atoms with Gasteiger partial charge in [-0.1, -0.05) is 24.3 Å². The summed E-state index contributed by atoms with van der Waals surface area (Å²) in [5, 5.41) is 11.8. The van der Waals surface area contributed by atoms with Gasteiger partial charge in [-0.25, -0.2) is 4.39 Å². The largest absolute Gasteiger partial charge is 0.325 e. The van der Waals surface area contributed by atoms with Crippen molar-refractivity contribution >= 4 is 11.6 Å². The molecule has 1 amide bonds. The Hall–Kier alpha value is -2.67. The summed E-state index contributed by atoms with van der Waals surface area (Å²) in [5.41, 5.74) is 1.81. The zero-order chi connectivity index (χ0) is 14.8. The number of amides is 1. The number of anilines is 1. The van der Waals surface area contributed by atoms with Gasteiger partial charge in [0.1, 0.15) is 11.9 Å². The van der Waals surface area contributed by atoms with E-state index in [2.05, 4.69) is 5.32 Å². The average molecular weight is 280 g/mol. The van der Waals surface area contributed by atoms with Crippen LogP contribution in [0.5, 0.6) is 0 Å². The summed E-state index contributed by atoms with van der Waals surface area (Å²) < 4.78 is 13.2. The molecule has 0 spiro atoms. The number of hydrogen-bond donors (Lipinski definition) is 1. The van der Waals surface area contributed by atoms with Crippen LogP contribution in [-0.2, 0) is 4.79 Å². The van der Waals surface area contributed by atoms with E-state index in [0.29, 0.717) is 17.7 Å². The number of rotatable bonds is 3. The topological polar surface area (TPSA) is 52.9 Å². The molecule has 1 N–H and O–H groups in total. The molecule has 2 aromatic rings. The van der Waals surface area contributed by atoms with Crippen LogP contribution in [0.3, 0.4) is 0 Å². The third-order valence-electron chi connectivity index (χ3n) is 3.71. The summed E-state index contributed by atoms with van der Waals surface area (Å²) in [6, 6.07) is 15.3. The summed E-state index contributed by atoms with van der Waals surface area (Å²) in [6.07, 6.45) is 0.712. The predicted octanol–water partition coefficient (Wildman–Crippen LogP) is 3.44. The maximum Gasteiger partial charge on any atom is 0.228 e. The molecule has 21 heavy (non-hydrogen) atoms. The van der Waals surface area contributed by atoms with E-state index in [1.807, 2.05) is 12.1 Å². The van der Waals surface area contributed by atoms with E-state index in [0.717, 1.165) is 5.56 Å². The second-order valence-corrected chi connectivity index (χ2v) is 5.15. The molecule has 2 unspecified atom stereocenters. The lowest BCUT2D eigenvalue weighted by atomic mass is 10.1. The average Bonchev–Trinajstić information content (AvgIpc) is 3.28. The van der Waals surface area contributed by atoms with Crippen molar-refractivity contribution in [1.29, 1.82) is 5.26 Å². The molecule has 2 aromatic carbocycles. The van der Waals surface area contributed by atoms with Crippen molar-refractivity contribution in [2.75, 3.05) is 5.32 Å². The number of carbonyl (C=O) groups is 1. The van der Waals surface area contributed by atoms with Crippen molar-refractivity contribution in [1.82, 2.24) is 0 Å². The zero-order valence-electron chi connectivity index (χ0n) is 11.2. The van der Waals surface area contributed by atoms with Gasteiger partial charge in [0.25, 0.3) is 0 Å². The summed E-state index contributed by atoms with van der Waals surface area (Å²) in [4.78, 5) is 12.2. The number of hydrogen-bond acceptors (Lipinski definition) is 2. The van der Waals surface area contributed by atoms with Gasteiger partial charge in [-0.05, 0) is 42.2 Å². The third-order valence-corrected chi connectivity index (χ3v) is 3.71. The maximum atomic E-state index is 13.2. The summed E-state index contributed by atoms with van der Waals surface area (Å²) >= 11 is 0. The smallest absolute Gasteiger partial charge is 0.228 e. The van der Waals surface area contributed by atoms with Crippen molar-refractivity contribution in [2.45, 2.75) is 12.3 Å². The first-order valence-corrected chi connectivity index (χ1v) is 6.74. The second-order valence-electron chi connectivity index (χ2n) is 5.15. The number of benzene rings is 2. The van der Waals surface area contributed by atoms with Crippen LogP contribution in [-0.4, -0.2) is 5.91 Å². The lowest BCUT2D eigenvalue weighted by molar-refractivity contribution is -0.117. The Labute approximate surface area is 122 Å². The fourth-order valence-corrected chi connectivity index (χ4v) is 2.51. The number of nitrogens with one attached hydrogen (secondary N) is 1. The van der Waals surface area contributed by atoms with Gasteiger partial charge in [-0.3, -0.25) is 4.79 Å². The minimum atomic E-state index is -0.284. The van der Waals surface area contributed by atoms with Gasteiger partial charge in [-0.2, -0.15) is 5.26 Å². The van der Waals surface area contributed by atoms with Gasteiger partial charge in [0.15, 0.2) is 0 Å². The Kier molecular flexibility index (Phi) is 3.41. The first kappa shape index (κ1) is 13.3. The number of halogens is 1. The zero-order valence-corrected chi connectivity index (χ0v) is 11.2. The van der Waals surface area contributed by atoms with Gasteiger partial charge >= 0.3 is 0 Å². The van der Waals surface area contributed by atoms with Crippen LogP contribution in [0.2, 0.25) is 0 Å². The van der Waals surface area contributed by atoms with Crippen LogP contribution in [0.4, 0.5) is 10.1 Å². The molecule has 1 fully saturated rings. The Morgan fingerprint density at radius 2 is 2.05 bits per heavy atom. The normalized spacial score (nSPS) is 19.6. The third kappa shape index (κ3) is 2.77. The quantitative estimate of drug-likeness (QED) is 0.936. The first-order valence-electron chi connectivity index (χ1n) is 6.74. The summed E-state index contributed by atoms with van der Waals surface area (Å²) in [6.45, 7) is 0. The molecule has 0 bridgehead atoms. The summed E-state index contributed by atoms with van der Waals surface area (Å²) in [5.74, 6) is -0.492. The van der Waals surface area contributed by atoms with Gasteiger partial charge in [0.2, 0.25) is 5.91 Å². The van der Waals surface area contributed by atoms with Crippen LogP contribution < -0.4 is 5.32 Å². The highest BCUT2D eigenvalue weighted by Gasteiger charge is 2.44. The standard InChI is InChI=1S/C17H13FN2O/c18-13-6-3-5-11(8-13)14-9-15(14)17(21)20-16-7-2-1-4-12(16)10-19/h1-8,14-15H,9H2,(H,20,21).